The van der Waals surface area contributed by atoms with E-state index in [9.17, 15) is 0 Å². The summed E-state index contributed by atoms with van der Waals surface area (Å²) in [7, 11) is 0. The van der Waals surface area contributed by atoms with Gasteiger partial charge < -0.3 is 9.88 Å². The van der Waals surface area contributed by atoms with E-state index < -0.39 is 0 Å². The van der Waals surface area contributed by atoms with Gasteiger partial charge in [0.15, 0.2) is 0 Å². The zero-order valence-electron chi connectivity index (χ0n) is 19.6. The lowest BCUT2D eigenvalue weighted by Crippen LogP contribution is -2.01. The first-order valence-electron chi connectivity index (χ1n) is 12.4. The van der Waals surface area contributed by atoms with Crippen LogP contribution in [0.15, 0.2) is 127 Å². The Hall–Kier alpha value is -4.82. The number of rotatable bonds is 2. The highest BCUT2D eigenvalue weighted by atomic mass is 15.0. The van der Waals surface area contributed by atoms with E-state index in [2.05, 4.69) is 137 Å². The largest absolute Gasteiger partial charge is 0.354 e. The number of benzene rings is 6. The van der Waals surface area contributed by atoms with E-state index in [1.807, 2.05) is 0 Å². The normalized spacial score (nSPS) is 12.1. The van der Waals surface area contributed by atoms with Crippen LogP contribution in [0.25, 0.3) is 60.5 Å². The quantitative estimate of drug-likeness (QED) is 0.273. The Morgan fingerprint density at radius 1 is 0.472 bits per heavy atom. The molecule has 0 unspecified atom stereocenters. The van der Waals surface area contributed by atoms with Gasteiger partial charge in [-0.2, -0.15) is 0 Å². The molecule has 0 saturated heterocycles. The Kier molecular flexibility index (Phi) is 3.97. The first kappa shape index (κ1) is 19.5. The summed E-state index contributed by atoms with van der Waals surface area (Å²) in [5.41, 5.74) is 11.0. The van der Waals surface area contributed by atoms with Gasteiger partial charge in [-0.25, -0.2) is 0 Å². The fraction of sp³-hybridized carbons (Fsp3) is 0. The van der Waals surface area contributed by atoms with Crippen molar-refractivity contribution in [3.8, 4) is 27.9 Å². The molecule has 0 amide bonds. The molecule has 1 aliphatic heterocycles. The van der Waals surface area contributed by atoms with Crippen molar-refractivity contribution in [2.45, 2.75) is 0 Å². The lowest BCUT2D eigenvalue weighted by atomic mass is 9.90. The molecule has 0 spiro atoms. The third-order valence-electron chi connectivity index (χ3n) is 7.50. The van der Waals surface area contributed by atoms with Crippen molar-refractivity contribution in [1.82, 2.24) is 4.57 Å². The Bertz CT molecular complexity index is 1960. The highest BCUT2D eigenvalue weighted by molar-refractivity contribution is 6.12. The molecule has 8 rings (SSSR count). The SMILES string of the molecule is c1ccc(-n2c3ccccc3c3cc(-c4ccc5c(c4)Nc4cccc6cccc-5c46)ccc32)cc1. The second kappa shape index (κ2) is 7.34. The van der Waals surface area contributed by atoms with E-state index in [0.29, 0.717) is 0 Å². The number of nitrogens with zero attached hydrogens (tertiary/aromatic N) is 1. The summed E-state index contributed by atoms with van der Waals surface area (Å²) in [5.74, 6) is 0. The number of para-hydroxylation sites is 2. The average molecular weight is 459 g/mol. The number of fused-ring (bicyclic) bond motifs is 5. The maximum atomic E-state index is 3.70. The van der Waals surface area contributed by atoms with Crippen LogP contribution in [0.3, 0.4) is 0 Å². The average Bonchev–Trinajstić information content (AvgIpc) is 3.27. The van der Waals surface area contributed by atoms with Gasteiger partial charge in [0.25, 0.3) is 0 Å². The van der Waals surface area contributed by atoms with Crippen LogP contribution in [-0.2, 0) is 0 Å². The fourth-order valence-electron chi connectivity index (χ4n) is 5.88. The first-order valence-corrected chi connectivity index (χ1v) is 12.4. The minimum absolute atomic E-state index is 1.16. The molecule has 1 N–H and O–H groups in total. The van der Waals surface area contributed by atoms with Crippen molar-refractivity contribution < 1.29 is 0 Å². The molecule has 2 nitrogen and oxygen atoms in total. The van der Waals surface area contributed by atoms with Gasteiger partial charge in [0.05, 0.1) is 11.0 Å². The first-order chi connectivity index (χ1) is 17.8. The van der Waals surface area contributed by atoms with E-state index in [1.54, 1.807) is 0 Å². The van der Waals surface area contributed by atoms with Gasteiger partial charge >= 0.3 is 0 Å². The summed E-state index contributed by atoms with van der Waals surface area (Å²) in [6, 6.07) is 46.0. The Morgan fingerprint density at radius 2 is 1.22 bits per heavy atom. The standard InChI is InChI=1S/C34H22N2/c1-2-10-25(11-3-1)36-32-15-5-4-12-27(32)29-20-23(17-19-33(29)36)24-16-18-26-28-13-6-8-22-9-7-14-30(34(22)28)35-31(26)21-24/h1-21,35H. The number of nitrogens with one attached hydrogen (secondary N) is 1. The van der Waals surface area contributed by atoms with E-state index >= 15 is 0 Å². The zero-order chi connectivity index (χ0) is 23.6. The number of aromatic nitrogens is 1. The van der Waals surface area contributed by atoms with Gasteiger partial charge in [0, 0.05) is 38.8 Å². The van der Waals surface area contributed by atoms with Gasteiger partial charge in [0.1, 0.15) is 0 Å². The second-order valence-corrected chi connectivity index (χ2v) is 9.51. The van der Waals surface area contributed by atoms with Crippen molar-refractivity contribution in [3.63, 3.8) is 0 Å². The molecule has 0 radical (unpaired) electrons. The summed E-state index contributed by atoms with van der Waals surface area (Å²) in [6.45, 7) is 0. The number of hydrogen-bond donors (Lipinski definition) is 1. The van der Waals surface area contributed by atoms with Crippen LogP contribution in [0.2, 0.25) is 0 Å². The zero-order valence-corrected chi connectivity index (χ0v) is 19.6. The van der Waals surface area contributed by atoms with Gasteiger partial charge in [-0.15, -0.1) is 0 Å². The summed E-state index contributed by atoms with van der Waals surface area (Å²) >= 11 is 0. The number of anilines is 2. The third-order valence-corrected chi connectivity index (χ3v) is 7.50. The molecule has 6 aromatic carbocycles. The Labute approximate surface area is 209 Å². The van der Waals surface area contributed by atoms with E-state index in [4.69, 9.17) is 0 Å². The molecule has 1 aromatic heterocycles. The molecule has 2 heterocycles. The van der Waals surface area contributed by atoms with Crippen LogP contribution in [0, 0.1) is 0 Å². The van der Waals surface area contributed by atoms with Crippen molar-refractivity contribution in [2.75, 3.05) is 5.32 Å². The van der Waals surface area contributed by atoms with Gasteiger partial charge in [-0.1, -0.05) is 84.9 Å². The Balaban J connectivity index is 1.32. The molecular weight excluding hydrogens is 436 g/mol. The van der Waals surface area contributed by atoms with Crippen LogP contribution in [-0.4, -0.2) is 4.57 Å². The molecule has 0 atom stereocenters. The minimum atomic E-state index is 1.16. The van der Waals surface area contributed by atoms with Crippen LogP contribution in [0.5, 0.6) is 0 Å². The van der Waals surface area contributed by atoms with Gasteiger partial charge in [-0.05, 0) is 64.5 Å². The lowest BCUT2D eigenvalue weighted by Gasteiger charge is -2.23. The lowest BCUT2D eigenvalue weighted by molar-refractivity contribution is 1.18. The maximum Gasteiger partial charge on any atom is 0.0541 e. The molecule has 36 heavy (non-hydrogen) atoms. The summed E-state index contributed by atoms with van der Waals surface area (Å²) in [5, 5.41) is 8.82. The molecule has 0 aliphatic carbocycles. The molecular formula is C34H22N2. The monoisotopic (exact) mass is 458 g/mol. The fourth-order valence-corrected chi connectivity index (χ4v) is 5.88. The summed E-state index contributed by atoms with van der Waals surface area (Å²) < 4.78 is 2.36. The van der Waals surface area contributed by atoms with Gasteiger partial charge in [0.2, 0.25) is 0 Å². The highest BCUT2D eigenvalue weighted by Crippen LogP contribution is 2.45. The summed E-state index contributed by atoms with van der Waals surface area (Å²) in [4.78, 5) is 0. The minimum Gasteiger partial charge on any atom is -0.354 e. The van der Waals surface area contributed by atoms with Crippen molar-refractivity contribution >= 4 is 44.0 Å². The predicted octanol–water partition coefficient (Wildman–Crippen LogP) is 9.33. The van der Waals surface area contributed by atoms with Crippen LogP contribution >= 0.6 is 0 Å². The van der Waals surface area contributed by atoms with E-state index in [1.165, 1.54) is 66.2 Å². The molecule has 0 bridgehead atoms. The molecule has 0 fully saturated rings. The van der Waals surface area contributed by atoms with Crippen molar-refractivity contribution in [2.24, 2.45) is 0 Å². The third kappa shape index (κ3) is 2.73. The molecule has 7 aromatic rings. The smallest absolute Gasteiger partial charge is 0.0541 e. The molecule has 2 heteroatoms. The predicted molar refractivity (Wildman–Crippen MR) is 152 cm³/mol. The molecule has 1 aliphatic rings. The second-order valence-electron chi connectivity index (χ2n) is 9.51. The highest BCUT2D eigenvalue weighted by Gasteiger charge is 2.19. The molecule has 168 valence electrons. The van der Waals surface area contributed by atoms with Gasteiger partial charge in [-0.3, -0.25) is 0 Å². The summed E-state index contributed by atoms with van der Waals surface area (Å²) in [6.07, 6.45) is 0. The van der Waals surface area contributed by atoms with Crippen molar-refractivity contribution in [3.05, 3.63) is 127 Å². The molecule has 0 saturated carbocycles. The van der Waals surface area contributed by atoms with Crippen molar-refractivity contribution in [1.29, 1.82) is 0 Å². The van der Waals surface area contributed by atoms with Crippen LogP contribution in [0.4, 0.5) is 11.4 Å². The topological polar surface area (TPSA) is 17.0 Å². The van der Waals surface area contributed by atoms with E-state index in [-0.39, 0.29) is 0 Å². The number of hydrogen-bond acceptors (Lipinski definition) is 1. The van der Waals surface area contributed by atoms with Crippen LogP contribution < -0.4 is 5.32 Å². The van der Waals surface area contributed by atoms with E-state index in [0.717, 1.165) is 5.69 Å². The van der Waals surface area contributed by atoms with Crippen LogP contribution in [0.1, 0.15) is 0 Å². The maximum absolute atomic E-state index is 3.70. The Morgan fingerprint density at radius 3 is 2.14 bits per heavy atom.